The van der Waals surface area contributed by atoms with Crippen molar-refractivity contribution in [2.75, 3.05) is 28.6 Å². The molecule has 4 rings (SSSR count). The summed E-state index contributed by atoms with van der Waals surface area (Å²) < 4.78 is 1.10. The highest BCUT2D eigenvalue weighted by Crippen LogP contribution is 2.23. The van der Waals surface area contributed by atoms with Crippen LogP contribution in [-0.2, 0) is 0 Å². The summed E-state index contributed by atoms with van der Waals surface area (Å²) in [5.74, 6) is 0.585. The van der Waals surface area contributed by atoms with Crippen molar-refractivity contribution in [2.24, 2.45) is 0 Å². The summed E-state index contributed by atoms with van der Waals surface area (Å²) >= 11 is 2.22. The predicted molar refractivity (Wildman–Crippen MR) is 120 cm³/mol. The third-order valence-corrected chi connectivity index (χ3v) is 5.35. The summed E-state index contributed by atoms with van der Waals surface area (Å²) in [7, 11) is 0. The molecule has 1 fully saturated rings. The Hall–Kier alpha value is -2.68. The molecule has 0 bridgehead atoms. The first-order chi connectivity index (χ1) is 13.7. The second-order valence-electron chi connectivity index (χ2n) is 6.66. The Morgan fingerprint density at radius 2 is 1.64 bits per heavy atom. The van der Waals surface area contributed by atoms with Crippen LogP contribution in [0.2, 0.25) is 0 Å². The minimum absolute atomic E-state index is 0.124. The van der Waals surface area contributed by atoms with E-state index >= 15 is 0 Å². The average molecular weight is 485 g/mol. The van der Waals surface area contributed by atoms with Crippen LogP contribution in [0.4, 0.5) is 22.9 Å². The fourth-order valence-corrected chi connectivity index (χ4v) is 3.51. The number of carbonyl (C=O) groups excluding carboxylic acids is 1. The Balaban J connectivity index is 1.40. The molecule has 0 radical (unpaired) electrons. The van der Waals surface area contributed by atoms with E-state index in [0.717, 1.165) is 33.7 Å². The molecule has 0 saturated carbocycles. The number of carbonyl (C=O) groups is 1. The smallest absolute Gasteiger partial charge is 0.255 e. The van der Waals surface area contributed by atoms with E-state index < -0.39 is 0 Å². The van der Waals surface area contributed by atoms with Gasteiger partial charge in [0.2, 0.25) is 0 Å². The van der Waals surface area contributed by atoms with E-state index in [4.69, 9.17) is 0 Å². The monoisotopic (exact) mass is 485 g/mol. The maximum atomic E-state index is 12.3. The standard InChI is InChI=1S/C21H20IN5O/c22-16-5-3-15(4-6-16)21(28)25-18-9-7-17(8-10-18)24-20-13-19(14-23-26-20)27-11-1-2-12-27/h3-10,13-14H,1-2,11-12H2,(H,24,26)(H,25,28). The van der Waals surface area contributed by atoms with Crippen molar-refractivity contribution < 1.29 is 4.79 Å². The number of rotatable bonds is 5. The van der Waals surface area contributed by atoms with Gasteiger partial charge in [0, 0.05) is 39.7 Å². The number of amides is 1. The lowest BCUT2D eigenvalue weighted by atomic mass is 10.2. The van der Waals surface area contributed by atoms with Crippen molar-refractivity contribution in [3.8, 4) is 0 Å². The van der Waals surface area contributed by atoms with E-state index in [-0.39, 0.29) is 5.91 Å². The van der Waals surface area contributed by atoms with E-state index in [1.165, 1.54) is 12.8 Å². The Morgan fingerprint density at radius 1 is 0.964 bits per heavy atom. The zero-order valence-corrected chi connectivity index (χ0v) is 17.4. The van der Waals surface area contributed by atoms with Crippen LogP contribution in [0.1, 0.15) is 23.2 Å². The molecule has 1 saturated heterocycles. The van der Waals surface area contributed by atoms with Gasteiger partial charge in [-0.05, 0) is 84.0 Å². The molecule has 0 atom stereocenters. The number of aromatic nitrogens is 2. The summed E-state index contributed by atoms with van der Waals surface area (Å²) in [4.78, 5) is 14.6. The number of nitrogens with one attached hydrogen (secondary N) is 2. The molecular weight excluding hydrogens is 465 g/mol. The van der Waals surface area contributed by atoms with Crippen LogP contribution in [0.5, 0.6) is 0 Å². The Morgan fingerprint density at radius 3 is 2.36 bits per heavy atom. The highest BCUT2D eigenvalue weighted by Gasteiger charge is 2.13. The summed E-state index contributed by atoms with van der Waals surface area (Å²) in [6.07, 6.45) is 4.25. The number of hydrogen-bond acceptors (Lipinski definition) is 5. The summed E-state index contributed by atoms with van der Waals surface area (Å²) in [6.45, 7) is 2.14. The number of nitrogens with zero attached hydrogens (tertiary/aromatic N) is 3. The molecule has 6 nitrogen and oxygen atoms in total. The van der Waals surface area contributed by atoms with Crippen LogP contribution in [0.3, 0.4) is 0 Å². The van der Waals surface area contributed by atoms with E-state index in [2.05, 4.69) is 48.3 Å². The molecule has 0 spiro atoms. The van der Waals surface area contributed by atoms with Crippen LogP contribution >= 0.6 is 22.6 Å². The van der Waals surface area contributed by atoms with Crippen molar-refractivity contribution in [1.29, 1.82) is 0 Å². The van der Waals surface area contributed by atoms with Crippen molar-refractivity contribution in [1.82, 2.24) is 10.2 Å². The quantitative estimate of drug-likeness (QED) is 0.514. The normalized spacial score (nSPS) is 13.4. The SMILES string of the molecule is O=C(Nc1ccc(Nc2cc(N3CCCC3)cnn2)cc1)c1ccc(I)cc1. The highest BCUT2D eigenvalue weighted by molar-refractivity contribution is 14.1. The van der Waals surface area contributed by atoms with Gasteiger partial charge >= 0.3 is 0 Å². The number of hydrogen-bond donors (Lipinski definition) is 2. The van der Waals surface area contributed by atoms with Crippen molar-refractivity contribution in [2.45, 2.75) is 12.8 Å². The zero-order chi connectivity index (χ0) is 19.3. The van der Waals surface area contributed by atoms with Crippen LogP contribution < -0.4 is 15.5 Å². The Bertz CT molecular complexity index is 953. The maximum Gasteiger partial charge on any atom is 0.255 e. The van der Waals surface area contributed by atoms with Gasteiger partial charge in [0.05, 0.1) is 11.9 Å². The van der Waals surface area contributed by atoms with Crippen LogP contribution in [0.15, 0.2) is 60.8 Å². The molecule has 2 N–H and O–H groups in total. The van der Waals surface area contributed by atoms with Crippen molar-refractivity contribution in [3.63, 3.8) is 0 Å². The molecule has 2 aromatic carbocycles. The topological polar surface area (TPSA) is 70.2 Å². The minimum atomic E-state index is -0.124. The number of anilines is 4. The molecule has 3 aromatic rings. The first kappa shape index (κ1) is 18.7. The zero-order valence-electron chi connectivity index (χ0n) is 15.2. The van der Waals surface area contributed by atoms with Gasteiger partial charge in [-0.2, -0.15) is 5.10 Å². The first-order valence-corrected chi connectivity index (χ1v) is 10.3. The number of halogens is 1. The molecule has 2 heterocycles. The first-order valence-electron chi connectivity index (χ1n) is 9.19. The van der Waals surface area contributed by atoms with Gasteiger partial charge < -0.3 is 15.5 Å². The second-order valence-corrected chi connectivity index (χ2v) is 7.90. The van der Waals surface area contributed by atoms with E-state index in [9.17, 15) is 4.79 Å². The molecule has 1 aliphatic heterocycles. The fourth-order valence-electron chi connectivity index (χ4n) is 3.16. The third kappa shape index (κ3) is 4.59. The van der Waals surface area contributed by atoms with Crippen LogP contribution in [0, 0.1) is 3.57 Å². The largest absolute Gasteiger partial charge is 0.370 e. The maximum absolute atomic E-state index is 12.3. The lowest BCUT2D eigenvalue weighted by molar-refractivity contribution is 0.102. The average Bonchev–Trinajstić information content (AvgIpc) is 3.25. The molecule has 142 valence electrons. The third-order valence-electron chi connectivity index (χ3n) is 4.63. The summed E-state index contributed by atoms with van der Waals surface area (Å²) in [5.41, 5.74) is 3.36. The Labute approximate surface area is 177 Å². The molecule has 1 aromatic heterocycles. The predicted octanol–water partition coefficient (Wildman–Crippen LogP) is 4.68. The van der Waals surface area contributed by atoms with Gasteiger partial charge in [-0.1, -0.05) is 0 Å². The molecule has 7 heteroatoms. The van der Waals surface area contributed by atoms with Crippen molar-refractivity contribution in [3.05, 3.63) is 69.9 Å². The molecule has 0 aliphatic carbocycles. The summed E-state index contributed by atoms with van der Waals surface area (Å²) in [6, 6.07) is 17.0. The fraction of sp³-hybridized carbons (Fsp3) is 0.190. The lowest BCUT2D eigenvalue weighted by Gasteiger charge is -2.17. The van der Waals surface area contributed by atoms with E-state index in [1.807, 2.05) is 54.6 Å². The van der Waals surface area contributed by atoms with Gasteiger partial charge in [-0.25, -0.2) is 0 Å². The van der Waals surface area contributed by atoms with E-state index in [0.29, 0.717) is 11.4 Å². The second kappa shape index (κ2) is 8.55. The van der Waals surface area contributed by atoms with Gasteiger partial charge in [0.1, 0.15) is 0 Å². The van der Waals surface area contributed by atoms with Crippen LogP contribution in [0.25, 0.3) is 0 Å². The van der Waals surface area contributed by atoms with Crippen LogP contribution in [-0.4, -0.2) is 29.2 Å². The van der Waals surface area contributed by atoms with Gasteiger partial charge in [0.25, 0.3) is 5.91 Å². The molecule has 28 heavy (non-hydrogen) atoms. The minimum Gasteiger partial charge on any atom is -0.370 e. The molecular formula is C21H20IN5O. The molecule has 1 amide bonds. The highest BCUT2D eigenvalue weighted by atomic mass is 127. The molecule has 0 unspecified atom stereocenters. The van der Waals surface area contributed by atoms with Crippen molar-refractivity contribution >= 4 is 51.4 Å². The van der Waals surface area contributed by atoms with Gasteiger partial charge in [0.15, 0.2) is 5.82 Å². The van der Waals surface area contributed by atoms with Gasteiger partial charge in [-0.15, -0.1) is 5.10 Å². The van der Waals surface area contributed by atoms with E-state index in [1.54, 1.807) is 6.20 Å². The Kier molecular flexibility index (Phi) is 5.70. The summed E-state index contributed by atoms with van der Waals surface area (Å²) in [5, 5.41) is 14.5. The lowest BCUT2D eigenvalue weighted by Crippen LogP contribution is -2.18. The van der Waals surface area contributed by atoms with Gasteiger partial charge in [-0.3, -0.25) is 4.79 Å². The molecule has 1 aliphatic rings. The number of benzene rings is 2.